The first-order valence-electron chi connectivity index (χ1n) is 6.95. The second-order valence-electron chi connectivity index (χ2n) is 4.90. The number of nitrogens with one attached hydrogen (secondary N) is 2. The second-order valence-corrected chi connectivity index (χ2v) is 5.31. The molecule has 0 saturated carbocycles. The number of non-ortho nitro benzene ring substituents is 1. The van der Waals surface area contributed by atoms with Crippen LogP contribution >= 0.6 is 12.2 Å². The summed E-state index contributed by atoms with van der Waals surface area (Å²) in [5, 5.41) is 17.2. The predicted molar refractivity (Wildman–Crippen MR) is 93.9 cm³/mol. The molecule has 23 heavy (non-hydrogen) atoms. The third-order valence-electron chi connectivity index (χ3n) is 3.28. The Morgan fingerprint density at radius 3 is 2.57 bits per heavy atom. The van der Waals surface area contributed by atoms with Crippen LogP contribution in [0.5, 0.6) is 5.75 Å². The average Bonchev–Trinajstić information content (AvgIpc) is 2.55. The lowest BCUT2D eigenvalue weighted by molar-refractivity contribution is -0.384. The van der Waals surface area contributed by atoms with Gasteiger partial charge >= 0.3 is 0 Å². The highest BCUT2D eigenvalue weighted by molar-refractivity contribution is 7.80. The Bertz CT molecular complexity index is 704. The minimum absolute atomic E-state index is 0.0110. The van der Waals surface area contributed by atoms with Crippen molar-refractivity contribution in [3.63, 3.8) is 0 Å². The fourth-order valence-corrected chi connectivity index (χ4v) is 2.32. The molecular weight excluding hydrogens is 314 g/mol. The standard InChI is InChI=1S/C16H17N3O3S/c1-11(12-4-3-5-15(10-12)22-2)17-16(23)18-13-6-8-14(9-7-13)19(20)21/h3-11H,1-2H3,(H2,17,18,23). The van der Waals surface area contributed by atoms with Crippen LogP contribution in [-0.4, -0.2) is 17.1 Å². The molecule has 2 rings (SSSR count). The molecule has 1 unspecified atom stereocenters. The van der Waals surface area contributed by atoms with Crippen molar-refractivity contribution in [2.24, 2.45) is 0 Å². The van der Waals surface area contributed by atoms with Crippen molar-refractivity contribution < 1.29 is 9.66 Å². The van der Waals surface area contributed by atoms with Crippen LogP contribution in [0, 0.1) is 10.1 Å². The van der Waals surface area contributed by atoms with Gasteiger partial charge in [0.05, 0.1) is 18.1 Å². The van der Waals surface area contributed by atoms with E-state index in [1.165, 1.54) is 12.1 Å². The summed E-state index contributed by atoms with van der Waals surface area (Å²) in [6, 6.07) is 13.8. The first-order chi connectivity index (χ1) is 11.0. The molecular formula is C16H17N3O3S. The zero-order valence-electron chi connectivity index (χ0n) is 12.8. The Morgan fingerprint density at radius 2 is 1.96 bits per heavy atom. The summed E-state index contributed by atoms with van der Waals surface area (Å²) in [4.78, 5) is 10.2. The minimum Gasteiger partial charge on any atom is -0.497 e. The lowest BCUT2D eigenvalue weighted by Crippen LogP contribution is -2.30. The highest BCUT2D eigenvalue weighted by Crippen LogP contribution is 2.19. The summed E-state index contributed by atoms with van der Waals surface area (Å²) in [5.41, 5.74) is 1.77. The van der Waals surface area contributed by atoms with Gasteiger partial charge in [-0.05, 0) is 49.0 Å². The van der Waals surface area contributed by atoms with Crippen molar-refractivity contribution >= 4 is 28.7 Å². The molecule has 0 bridgehead atoms. The molecule has 6 nitrogen and oxygen atoms in total. The van der Waals surface area contributed by atoms with Gasteiger partial charge in [-0.3, -0.25) is 10.1 Å². The zero-order chi connectivity index (χ0) is 16.8. The van der Waals surface area contributed by atoms with Crippen LogP contribution in [0.4, 0.5) is 11.4 Å². The van der Waals surface area contributed by atoms with Gasteiger partial charge in [0, 0.05) is 17.8 Å². The summed E-state index contributed by atoms with van der Waals surface area (Å²) in [7, 11) is 1.62. The molecule has 2 aromatic carbocycles. The Labute approximate surface area is 139 Å². The Hall–Kier alpha value is -2.67. The monoisotopic (exact) mass is 331 g/mol. The summed E-state index contributed by atoms with van der Waals surface area (Å²) in [6.07, 6.45) is 0. The number of ether oxygens (including phenoxy) is 1. The van der Waals surface area contributed by atoms with Gasteiger partial charge in [0.1, 0.15) is 5.75 Å². The van der Waals surface area contributed by atoms with E-state index in [-0.39, 0.29) is 11.7 Å². The molecule has 0 heterocycles. The highest BCUT2D eigenvalue weighted by Gasteiger charge is 2.09. The van der Waals surface area contributed by atoms with Gasteiger partial charge < -0.3 is 15.4 Å². The number of benzene rings is 2. The molecule has 0 saturated heterocycles. The van der Waals surface area contributed by atoms with Crippen molar-refractivity contribution in [2.75, 3.05) is 12.4 Å². The van der Waals surface area contributed by atoms with Gasteiger partial charge in [0.25, 0.3) is 5.69 Å². The van der Waals surface area contributed by atoms with Gasteiger partial charge in [0.2, 0.25) is 0 Å². The molecule has 0 spiro atoms. The molecule has 0 aliphatic carbocycles. The molecule has 0 radical (unpaired) electrons. The molecule has 0 amide bonds. The summed E-state index contributed by atoms with van der Waals surface area (Å²) in [5.74, 6) is 0.783. The number of nitrogens with zero attached hydrogens (tertiary/aromatic N) is 1. The van der Waals surface area contributed by atoms with Gasteiger partial charge in [-0.2, -0.15) is 0 Å². The van der Waals surface area contributed by atoms with Crippen molar-refractivity contribution in [2.45, 2.75) is 13.0 Å². The summed E-state index contributed by atoms with van der Waals surface area (Å²) < 4.78 is 5.20. The topological polar surface area (TPSA) is 76.4 Å². The van der Waals surface area contributed by atoms with E-state index in [0.29, 0.717) is 10.8 Å². The first-order valence-corrected chi connectivity index (χ1v) is 7.36. The highest BCUT2D eigenvalue weighted by atomic mass is 32.1. The van der Waals surface area contributed by atoms with E-state index in [0.717, 1.165) is 11.3 Å². The molecule has 2 N–H and O–H groups in total. The van der Waals surface area contributed by atoms with E-state index in [9.17, 15) is 10.1 Å². The number of hydrogen-bond donors (Lipinski definition) is 2. The first kappa shape index (κ1) is 16.7. The van der Waals surface area contributed by atoms with E-state index in [4.69, 9.17) is 17.0 Å². The van der Waals surface area contributed by atoms with Crippen LogP contribution in [0.3, 0.4) is 0 Å². The third kappa shape index (κ3) is 4.65. The molecule has 0 aromatic heterocycles. The SMILES string of the molecule is COc1cccc(C(C)NC(=S)Nc2ccc([N+](=O)[O-])cc2)c1. The van der Waals surface area contributed by atoms with E-state index in [1.807, 2.05) is 31.2 Å². The van der Waals surface area contributed by atoms with Crippen molar-refractivity contribution in [1.29, 1.82) is 0 Å². The number of hydrogen-bond acceptors (Lipinski definition) is 4. The maximum absolute atomic E-state index is 10.6. The summed E-state index contributed by atoms with van der Waals surface area (Å²) >= 11 is 5.27. The van der Waals surface area contributed by atoms with Crippen molar-refractivity contribution in [3.05, 3.63) is 64.2 Å². The molecule has 120 valence electrons. The summed E-state index contributed by atoms with van der Waals surface area (Å²) in [6.45, 7) is 1.98. The molecule has 7 heteroatoms. The van der Waals surface area contributed by atoms with Crippen LogP contribution in [0.15, 0.2) is 48.5 Å². The second kappa shape index (κ2) is 7.55. The van der Waals surface area contributed by atoms with Gasteiger partial charge in [-0.25, -0.2) is 0 Å². The lowest BCUT2D eigenvalue weighted by Gasteiger charge is -2.18. The molecule has 2 aromatic rings. The Morgan fingerprint density at radius 1 is 1.26 bits per heavy atom. The zero-order valence-corrected chi connectivity index (χ0v) is 13.6. The number of methoxy groups -OCH3 is 1. The molecule has 1 atom stereocenters. The Balaban J connectivity index is 1.96. The predicted octanol–water partition coefficient (Wildman–Crippen LogP) is 3.65. The number of nitro groups is 1. The van der Waals surface area contributed by atoms with Crippen LogP contribution in [0.25, 0.3) is 0 Å². The van der Waals surface area contributed by atoms with Crippen molar-refractivity contribution in [1.82, 2.24) is 5.32 Å². The van der Waals surface area contributed by atoms with E-state index in [2.05, 4.69) is 10.6 Å². The number of rotatable bonds is 5. The van der Waals surface area contributed by atoms with Gasteiger partial charge in [0.15, 0.2) is 5.11 Å². The van der Waals surface area contributed by atoms with Crippen LogP contribution in [0.1, 0.15) is 18.5 Å². The number of anilines is 1. The molecule has 0 fully saturated rings. The minimum atomic E-state index is -0.439. The van der Waals surface area contributed by atoms with E-state index in [1.54, 1.807) is 19.2 Å². The number of thiocarbonyl (C=S) groups is 1. The largest absolute Gasteiger partial charge is 0.497 e. The van der Waals surface area contributed by atoms with E-state index >= 15 is 0 Å². The fraction of sp³-hybridized carbons (Fsp3) is 0.188. The molecule has 0 aliphatic rings. The van der Waals surface area contributed by atoms with Gasteiger partial charge in [-0.15, -0.1) is 0 Å². The lowest BCUT2D eigenvalue weighted by atomic mass is 10.1. The van der Waals surface area contributed by atoms with Crippen LogP contribution in [-0.2, 0) is 0 Å². The molecule has 0 aliphatic heterocycles. The van der Waals surface area contributed by atoms with Crippen LogP contribution < -0.4 is 15.4 Å². The van der Waals surface area contributed by atoms with Crippen molar-refractivity contribution in [3.8, 4) is 5.75 Å². The van der Waals surface area contributed by atoms with E-state index < -0.39 is 4.92 Å². The third-order valence-corrected chi connectivity index (χ3v) is 3.50. The van der Waals surface area contributed by atoms with Gasteiger partial charge in [-0.1, -0.05) is 12.1 Å². The maximum atomic E-state index is 10.6. The smallest absolute Gasteiger partial charge is 0.269 e. The quantitative estimate of drug-likeness (QED) is 0.495. The van der Waals surface area contributed by atoms with Crippen LogP contribution in [0.2, 0.25) is 0 Å². The normalized spacial score (nSPS) is 11.4. The maximum Gasteiger partial charge on any atom is 0.269 e. The average molecular weight is 331 g/mol. The Kier molecular flexibility index (Phi) is 5.48. The number of nitro benzene ring substituents is 1. The fourth-order valence-electron chi connectivity index (χ4n) is 2.02.